The van der Waals surface area contributed by atoms with Gasteiger partial charge in [-0.2, -0.15) is 0 Å². The van der Waals surface area contributed by atoms with Crippen molar-refractivity contribution in [3.05, 3.63) is 11.6 Å². The van der Waals surface area contributed by atoms with Crippen LogP contribution >= 0.6 is 23.2 Å². The monoisotopic (exact) mass is 192 g/mol. The molecule has 0 amide bonds. The maximum Gasteiger partial charge on any atom is 0.313 e. The summed E-state index contributed by atoms with van der Waals surface area (Å²) in [5, 5.41) is 0. The summed E-state index contributed by atoms with van der Waals surface area (Å²) in [5.41, 5.74) is 1.74. The molecule has 62 valence electrons. The Balaban J connectivity index is 0.000000134. The Morgan fingerprint density at radius 1 is 1.55 bits per heavy atom. The fraction of sp³-hybridized carbons (Fsp3) is 0.625. The first-order chi connectivity index (χ1) is 5.18. The maximum atomic E-state index is 8.98. The first-order valence-electron chi connectivity index (χ1n) is 3.71. The molecule has 11 heavy (non-hydrogen) atoms. The smallest absolute Gasteiger partial charge is 0.262 e. The number of rotatable bonds is 0. The number of halogens is 2. The maximum absolute atomic E-state index is 8.98. The third-order valence-corrected chi connectivity index (χ3v) is 2.16. The molecule has 0 aromatic rings. The van der Waals surface area contributed by atoms with Gasteiger partial charge >= 0.3 is 4.70 Å². The molecule has 0 aromatic heterocycles. The van der Waals surface area contributed by atoms with Gasteiger partial charge in [-0.1, -0.05) is 11.6 Å². The Morgan fingerprint density at radius 2 is 2.18 bits per heavy atom. The van der Waals surface area contributed by atoms with Gasteiger partial charge in [0, 0.05) is 0 Å². The lowest BCUT2D eigenvalue weighted by Crippen LogP contribution is -1.85. The van der Waals surface area contributed by atoms with E-state index in [0.29, 0.717) is 0 Å². The van der Waals surface area contributed by atoms with E-state index >= 15 is 0 Å². The van der Waals surface area contributed by atoms with Crippen LogP contribution in [0.15, 0.2) is 11.6 Å². The highest BCUT2D eigenvalue weighted by atomic mass is 35.5. The van der Waals surface area contributed by atoms with Crippen molar-refractivity contribution in [2.75, 3.05) is 0 Å². The fourth-order valence-electron chi connectivity index (χ4n) is 1.68. The van der Waals surface area contributed by atoms with Crippen LogP contribution in [-0.4, -0.2) is 4.70 Å². The van der Waals surface area contributed by atoms with Crippen molar-refractivity contribution in [2.45, 2.75) is 25.7 Å². The highest BCUT2D eigenvalue weighted by molar-refractivity contribution is 6.93. The average Bonchev–Trinajstić information content (AvgIpc) is 2.45. The van der Waals surface area contributed by atoms with Gasteiger partial charge in [-0.05, 0) is 54.8 Å². The second-order valence-electron chi connectivity index (χ2n) is 2.93. The zero-order chi connectivity index (χ0) is 8.27. The van der Waals surface area contributed by atoms with Gasteiger partial charge in [0.05, 0.1) is 0 Å². The predicted molar refractivity (Wildman–Crippen MR) is 47.1 cm³/mol. The third-order valence-electron chi connectivity index (χ3n) is 2.16. The molecule has 0 aromatic carbocycles. The van der Waals surface area contributed by atoms with Gasteiger partial charge in [0.15, 0.2) is 0 Å². The SMILES string of the molecule is C1=C2CCC(C1)C2.O=C(Cl)Cl. The van der Waals surface area contributed by atoms with Crippen LogP contribution in [0.4, 0.5) is 4.79 Å². The second-order valence-corrected chi connectivity index (χ2v) is 3.81. The van der Waals surface area contributed by atoms with Crippen molar-refractivity contribution in [3.8, 4) is 0 Å². The Labute approximate surface area is 76.4 Å². The predicted octanol–water partition coefficient (Wildman–Crippen LogP) is 3.70. The van der Waals surface area contributed by atoms with E-state index in [1.165, 1.54) is 25.7 Å². The fourth-order valence-corrected chi connectivity index (χ4v) is 1.68. The summed E-state index contributed by atoms with van der Waals surface area (Å²) < 4.78 is -0.889. The summed E-state index contributed by atoms with van der Waals surface area (Å²) in [4.78, 5) is 8.98. The zero-order valence-corrected chi connectivity index (χ0v) is 7.66. The quantitative estimate of drug-likeness (QED) is 0.423. The van der Waals surface area contributed by atoms with Gasteiger partial charge in [-0.15, -0.1) is 0 Å². The summed E-state index contributed by atoms with van der Waals surface area (Å²) >= 11 is 8.80. The van der Waals surface area contributed by atoms with E-state index in [1.54, 1.807) is 5.57 Å². The van der Waals surface area contributed by atoms with Crippen LogP contribution in [0.3, 0.4) is 0 Å². The average molecular weight is 193 g/mol. The van der Waals surface area contributed by atoms with Crippen molar-refractivity contribution in [1.82, 2.24) is 0 Å². The molecule has 1 fully saturated rings. The highest BCUT2D eigenvalue weighted by Crippen LogP contribution is 2.38. The summed E-state index contributed by atoms with van der Waals surface area (Å²) in [5.74, 6) is 1.08. The van der Waals surface area contributed by atoms with Crippen LogP contribution in [0, 0.1) is 5.92 Å². The summed E-state index contributed by atoms with van der Waals surface area (Å²) in [6, 6.07) is 0. The largest absolute Gasteiger partial charge is 0.313 e. The van der Waals surface area contributed by atoms with Crippen molar-refractivity contribution < 1.29 is 4.79 Å². The van der Waals surface area contributed by atoms with Crippen molar-refractivity contribution >= 4 is 27.9 Å². The lowest BCUT2D eigenvalue weighted by atomic mass is 10.1. The summed E-state index contributed by atoms with van der Waals surface area (Å²) in [6.07, 6.45) is 8.18. The molecule has 2 rings (SSSR count). The Hall–Kier alpha value is -0.0100. The number of carbonyl (C=O) groups is 1. The number of carbonyl (C=O) groups excluding carboxylic acids is 1. The standard InChI is InChI=1S/C7H10.CCl2O/c1-2-7-4-3-6(1)5-7;2-1(3)4/h1,7H,2-5H2;. The van der Waals surface area contributed by atoms with Crippen LogP contribution in [0.5, 0.6) is 0 Å². The zero-order valence-electron chi connectivity index (χ0n) is 6.15. The molecule has 2 bridgehead atoms. The van der Waals surface area contributed by atoms with E-state index < -0.39 is 4.70 Å². The summed E-state index contributed by atoms with van der Waals surface area (Å²) in [6.45, 7) is 0. The third kappa shape index (κ3) is 3.26. The molecule has 0 heterocycles. The van der Waals surface area contributed by atoms with Crippen LogP contribution in [-0.2, 0) is 0 Å². The molecule has 1 nitrogen and oxygen atoms in total. The number of hydrogen-bond donors (Lipinski definition) is 0. The van der Waals surface area contributed by atoms with Gasteiger partial charge in [0.2, 0.25) is 0 Å². The van der Waals surface area contributed by atoms with E-state index in [0.717, 1.165) is 5.92 Å². The minimum absolute atomic E-state index is 0.889. The Bertz CT molecular complexity index is 183. The topological polar surface area (TPSA) is 17.1 Å². The van der Waals surface area contributed by atoms with Crippen molar-refractivity contribution in [2.24, 2.45) is 5.92 Å². The number of hydrogen-bond acceptors (Lipinski definition) is 1. The molecule has 1 atom stereocenters. The second kappa shape index (κ2) is 4.13. The van der Waals surface area contributed by atoms with Crippen LogP contribution in [0.2, 0.25) is 0 Å². The molecular formula is C8H10Cl2O. The van der Waals surface area contributed by atoms with Gasteiger partial charge in [0.25, 0.3) is 0 Å². The van der Waals surface area contributed by atoms with E-state index in [4.69, 9.17) is 4.79 Å². The molecule has 3 heteroatoms. The minimum atomic E-state index is -0.889. The lowest BCUT2D eigenvalue weighted by molar-refractivity contribution is 0.275. The molecular weight excluding hydrogens is 183 g/mol. The Morgan fingerprint density at radius 3 is 2.27 bits per heavy atom. The van der Waals surface area contributed by atoms with E-state index in [-0.39, 0.29) is 0 Å². The molecule has 1 saturated carbocycles. The minimum Gasteiger partial charge on any atom is -0.262 e. The van der Waals surface area contributed by atoms with Crippen LogP contribution in [0.25, 0.3) is 0 Å². The van der Waals surface area contributed by atoms with E-state index in [9.17, 15) is 0 Å². The first-order valence-corrected chi connectivity index (χ1v) is 4.47. The molecule has 0 spiro atoms. The van der Waals surface area contributed by atoms with Gasteiger partial charge in [-0.25, -0.2) is 0 Å². The normalized spacial score (nSPS) is 25.6. The van der Waals surface area contributed by atoms with E-state index in [2.05, 4.69) is 29.3 Å². The molecule has 0 aliphatic heterocycles. The molecule has 0 saturated heterocycles. The molecule has 2 aliphatic rings. The van der Waals surface area contributed by atoms with Gasteiger partial charge in [-0.3, -0.25) is 4.79 Å². The van der Waals surface area contributed by atoms with E-state index in [1.807, 2.05) is 0 Å². The molecule has 0 radical (unpaired) electrons. The number of fused-ring (bicyclic) bond motifs is 2. The molecule has 1 unspecified atom stereocenters. The van der Waals surface area contributed by atoms with Crippen molar-refractivity contribution in [1.29, 1.82) is 0 Å². The van der Waals surface area contributed by atoms with Crippen LogP contribution < -0.4 is 0 Å². The molecule has 0 N–H and O–H groups in total. The first kappa shape index (κ1) is 9.08. The van der Waals surface area contributed by atoms with Crippen molar-refractivity contribution in [3.63, 3.8) is 0 Å². The van der Waals surface area contributed by atoms with Gasteiger partial charge < -0.3 is 0 Å². The highest BCUT2D eigenvalue weighted by Gasteiger charge is 2.22. The summed E-state index contributed by atoms with van der Waals surface area (Å²) in [7, 11) is 0. The van der Waals surface area contributed by atoms with Crippen LogP contribution in [0.1, 0.15) is 25.7 Å². The number of allylic oxidation sites excluding steroid dienone is 2. The molecule has 2 aliphatic carbocycles. The Kier molecular flexibility index (Phi) is 3.41. The lowest BCUT2D eigenvalue weighted by Gasteiger charge is -1.98. The van der Waals surface area contributed by atoms with Gasteiger partial charge in [0.1, 0.15) is 0 Å².